The smallest absolute Gasteiger partial charge is 0.259 e. The standard InChI is InChI=1S/C18H21NO5S/c1-21-14-10-12(25-5)6-7-13(14)18(20)19-11-8-15(22-2)17(24-4)16(9-11)23-3/h6-10H,1-5H3,(H,19,20). The fraction of sp³-hybridized carbons (Fsp3) is 0.278. The average Bonchev–Trinajstić information content (AvgIpc) is 2.66. The van der Waals surface area contributed by atoms with E-state index in [4.69, 9.17) is 18.9 Å². The Kier molecular flexibility index (Phi) is 6.41. The van der Waals surface area contributed by atoms with Crippen molar-refractivity contribution in [1.29, 1.82) is 0 Å². The van der Waals surface area contributed by atoms with Crippen molar-refractivity contribution < 1.29 is 23.7 Å². The number of amides is 1. The molecule has 2 aromatic rings. The molecule has 0 fully saturated rings. The Morgan fingerprint density at radius 1 is 0.880 bits per heavy atom. The van der Waals surface area contributed by atoms with Crippen molar-refractivity contribution in [2.45, 2.75) is 4.90 Å². The topological polar surface area (TPSA) is 66.0 Å². The summed E-state index contributed by atoms with van der Waals surface area (Å²) < 4.78 is 21.2. The highest BCUT2D eigenvalue weighted by molar-refractivity contribution is 7.98. The summed E-state index contributed by atoms with van der Waals surface area (Å²) in [7, 11) is 6.10. The molecule has 0 saturated heterocycles. The Morgan fingerprint density at radius 2 is 1.48 bits per heavy atom. The minimum atomic E-state index is -0.293. The van der Waals surface area contributed by atoms with Crippen molar-refractivity contribution in [3.8, 4) is 23.0 Å². The van der Waals surface area contributed by atoms with Gasteiger partial charge in [-0.2, -0.15) is 0 Å². The molecule has 134 valence electrons. The van der Waals surface area contributed by atoms with Crippen LogP contribution in [0.5, 0.6) is 23.0 Å². The number of carbonyl (C=O) groups is 1. The number of nitrogens with one attached hydrogen (secondary N) is 1. The second-order valence-electron chi connectivity index (χ2n) is 4.93. The highest BCUT2D eigenvalue weighted by atomic mass is 32.2. The first-order valence-corrected chi connectivity index (χ1v) is 8.63. The maximum Gasteiger partial charge on any atom is 0.259 e. The quantitative estimate of drug-likeness (QED) is 0.757. The van der Waals surface area contributed by atoms with Crippen molar-refractivity contribution in [3.05, 3.63) is 35.9 Å². The third-order valence-electron chi connectivity index (χ3n) is 3.58. The highest BCUT2D eigenvalue weighted by Crippen LogP contribution is 2.40. The summed E-state index contributed by atoms with van der Waals surface area (Å²) in [5, 5.41) is 2.83. The third-order valence-corrected chi connectivity index (χ3v) is 4.30. The van der Waals surface area contributed by atoms with Crippen molar-refractivity contribution in [1.82, 2.24) is 0 Å². The van der Waals surface area contributed by atoms with E-state index in [-0.39, 0.29) is 5.91 Å². The number of thioether (sulfide) groups is 1. The predicted octanol–water partition coefficient (Wildman–Crippen LogP) is 3.70. The fourth-order valence-corrected chi connectivity index (χ4v) is 2.77. The lowest BCUT2D eigenvalue weighted by Gasteiger charge is -2.15. The number of benzene rings is 2. The first kappa shape index (κ1) is 18.8. The Labute approximate surface area is 151 Å². The van der Waals surface area contributed by atoms with Crippen molar-refractivity contribution in [2.24, 2.45) is 0 Å². The average molecular weight is 363 g/mol. The fourth-order valence-electron chi connectivity index (χ4n) is 2.34. The van der Waals surface area contributed by atoms with Gasteiger partial charge in [-0.3, -0.25) is 4.79 Å². The van der Waals surface area contributed by atoms with Gasteiger partial charge in [0, 0.05) is 22.7 Å². The maximum absolute atomic E-state index is 12.6. The number of methoxy groups -OCH3 is 4. The largest absolute Gasteiger partial charge is 0.496 e. The molecule has 1 amide bonds. The molecule has 2 aromatic carbocycles. The van der Waals surface area contributed by atoms with Gasteiger partial charge in [-0.25, -0.2) is 0 Å². The molecule has 0 atom stereocenters. The molecule has 0 saturated carbocycles. The van der Waals surface area contributed by atoms with E-state index >= 15 is 0 Å². The minimum Gasteiger partial charge on any atom is -0.496 e. The summed E-state index contributed by atoms with van der Waals surface area (Å²) in [6, 6.07) is 8.77. The molecular formula is C18H21NO5S. The lowest BCUT2D eigenvalue weighted by molar-refractivity contribution is 0.102. The first-order chi connectivity index (χ1) is 12.1. The van der Waals surface area contributed by atoms with E-state index < -0.39 is 0 Å². The molecule has 7 heteroatoms. The van der Waals surface area contributed by atoms with Gasteiger partial charge in [0.25, 0.3) is 5.91 Å². The summed E-state index contributed by atoms with van der Waals surface area (Å²) in [5.74, 6) is 1.60. The second kappa shape index (κ2) is 8.53. The van der Waals surface area contributed by atoms with Crippen LogP contribution in [-0.4, -0.2) is 40.6 Å². The Bertz CT molecular complexity index is 738. The van der Waals surface area contributed by atoms with Gasteiger partial charge in [0.2, 0.25) is 5.75 Å². The molecule has 1 N–H and O–H groups in total. The number of carbonyl (C=O) groups excluding carboxylic acids is 1. The summed E-state index contributed by atoms with van der Waals surface area (Å²) in [5.41, 5.74) is 0.963. The van der Waals surface area contributed by atoms with Crippen LogP contribution < -0.4 is 24.3 Å². The molecular weight excluding hydrogens is 342 g/mol. The molecule has 2 rings (SSSR count). The van der Waals surface area contributed by atoms with Gasteiger partial charge in [-0.1, -0.05) is 0 Å². The second-order valence-corrected chi connectivity index (χ2v) is 5.81. The van der Waals surface area contributed by atoms with Crippen molar-refractivity contribution in [2.75, 3.05) is 40.0 Å². The van der Waals surface area contributed by atoms with Gasteiger partial charge in [0.05, 0.1) is 34.0 Å². The summed E-state index contributed by atoms with van der Waals surface area (Å²) >= 11 is 1.58. The molecule has 0 aliphatic carbocycles. The number of hydrogen-bond donors (Lipinski definition) is 1. The lowest BCUT2D eigenvalue weighted by Crippen LogP contribution is -2.13. The highest BCUT2D eigenvalue weighted by Gasteiger charge is 2.17. The van der Waals surface area contributed by atoms with Gasteiger partial charge in [0.15, 0.2) is 11.5 Å². The third kappa shape index (κ3) is 4.11. The monoisotopic (exact) mass is 363 g/mol. The molecule has 6 nitrogen and oxygen atoms in total. The van der Waals surface area contributed by atoms with E-state index in [0.29, 0.717) is 34.2 Å². The van der Waals surface area contributed by atoms with E-state index in [2.05, 4.69) is 5.32 Å². The van der Waals surface area contributed by atoms with Gasteiger partial charge in [-0.15, -0.1) is 11.8 Å². The van der Waals surface area contributed by atoms with Gasteiger partial charge < -0.3 is 24.3 Å². The molecule has 25 heavy (non-hydrogen) atoms. The van der Waals surface area contributed by atoms with E-state index in [1.165, 1.54) is 28.4 Å². The zero-order valence-electron chi connectivity index (χ0n) is 14.8. The number of ether oxygens (including phenoxy) is 4. The van der Waals surface area contributed by atoms with Crippen LogP contribution in [0, 0.1) is 0 Å². The Balaban J connectivity index is 2.35. The van der Waals surface area contributed by atoms with Crippen LogP contribution in [0.3, 0.4) is 0 Å². The van der Waals surface area contributed by atoms with Gasteiger partial charge >= 0.3 is 0 Å². The molecule has 0 spiro atoms. The lowest BCUT2D eigenvalue weighted by atomic mass is 10.1. The van der Waals surface area contributed by atoms with Crippen LogP contribution in [0.25, 0.3) is 0 Å². The van der Waals surface area contributed by atoms with E-state index in [1.807, 2.05) is 18.4 Å². The van der Waals surface area contributed by atoms with Crippen LogP contribution in [0.15, 0.2) is 35.2 Å². The zero-order chi connectivity index (χ0) is 18.4. The number of anilines is 1. The van der Waals surface area contributed by atoms with E-state index in [9.17, 15) is 4.79 Å². The number of rotatable bonds is 7. The molecule has 0 aliphatic heterocycles. The molecule has 0 aromatic heterocycles. The van der Waals surface area contributed by atoms with Gasteiger partial charge in [-0.05, 0) is 24.5 Å². The van der Waals surface area contributed by atoms with Gasteiger partial charge in [0.1, 0.15) is 5.75 Å². The van der Waals surface area contributed by atoms with Crippen LogP contribution in [0.4, 0.5) is 5.69 Å². The van der Waals surface area contributed by atoms with Crippen molar-refractivity contribution in [3.63, 3.8) is 0 Å². The zero-order valence-corrected chi connectivity index (χ0v) is 15.7. The molecule has 0 heterocycles. The number of hydrogen-bond acceptors (Lipinski definition) is 6. The predicted molar refractivity (Wildman–Crippen MR) is 98.8 cm³/mol. The first-order valence-electron chi connectivity index (χ1n) is 7.41. The van der Waals surface area contributed by atoms with Crippen molar-refractivity contribution >= 4 is 23.4 Å². The SMILES string of the molecule is COc1cc(SC)ccc1C(=O)Nc1cc(OC)c(OC)c(OC)c1. The normalized spacial score (nSPS) is 10.1. The van der Waals surface area contributed by atoms with E-state index in [0.717, 1.165) is 4.90 Å². The molecule has 0 unspecified atom stereocenters. The molecule has 0 radical (unpaired) electrons. The maximum atomic E-state index is 12.6. The van der Waals surface area contributed by atoms with Crippen LogP contribution in [0.1, 0.15) is 10.4 Å². The molecule has 0 bridgehead atoms. The van der Waals surface area contributed by atoms with E-state index in [1.54, 1.807) is 30.0 Å². The Hall–Kier alpha value is -2.54. The minimum absolute atomic E-state index is 0.293. The summed E-state index contributed by atoms with van der Waals surface area (Å²) in [4.78, 5) is 13.7. The van der Waals surface area contributed by atoms with Crippen LogP contribution in [-0.2, 0) is 0 Å². The van der Waals surface area contributed by atoms with Crippen LogP contribution in [0.2, 0.25) is 0 Å². The Morgan fingerprint density at radius 3 is 1.96 bits per heavy atom. The van der Waals surface area contributed by atoms with Crippen LogP contribution >= 0.6 is 11.8 Å². The summed E-state index contributed by atoms with van der Waals surface area (Å²) in [6.45, 7) is 0. The summed E-state index contributed by atoms with van der Waals surface area (Å²) in [6.07, 6.45) is 1.96. The molecule has 0 aliphatic rings.